The predicted molar refractivity (Wildman–Crippen MR) is 120 cm³/mol. The van der Waals surface area contributed by atoms with Crippen molar-refractivity contribution in [3.05, 3.63) is 116 Å². The Balaban J connectivity index is 0.000000119. The summed E-state index contributed by atoms with van der Waals surface area (Å²) in [5.41, 5.74) is 3.18. The van der Waals surface area contributed by atoms with Crippen molar-refractivity contribution >= 4 is 32.7 Å². The van der Waals surface area contributed by atoms with Gasteiger partial charge in [-0.1, -0.05) is 60.7 Å². The number of aromatic nitrogens is 4. The third-order valence-corrected chi connectivity index (χ3v) is 4.34. The number of pyridine rings is 2. The molecule has 0 fully saturated rings. The van der Waals surface area contributed by atoms with Crippen LogP contribution in [0.3, 0.4) is 0 Å². The van der Waals surface area contributed by atoms with Crippen molar-refractivity contribution in [2.75, 3.05) is 0 Å². The molecule has 0 atom stereocenters. The Kier molecular flexibility index (Phi) is 5.84. The van der Waals surface area contributed by atoms with Crippen LogP contribution in [0.1, 0.15) is 0 Å². The summed E-state index contributed by atoms with van der Waals surface area (Å²) in [5.74, 6) is 0. The number of fused-ring (bicyclic) bond motifs is 3. The van der Waals surface area contributed by atoms with Crippen LogP contribution in [-0.2, 0) is 0 Å². The van der Waals surface area contributed by atoms with Crippen molar-refractivity contribution in [1.29, 1.82) is 0 Å². The molecule has 0 aliphatic heterocycles. The molecule has 4 heteroatoms. The average molecular weight is 376 g/mol. The van der Waals surface area contributed by atoms with Crippen molar-refractivity contribution in [3.8, 4) is 0 Å². The molecule has 3 heterocycles. The zero-order chi connectivity index (χ0) is 19.7. The van der Waals surface area contributed by atoms with E-state index >= 15 is 0 Å². The van der Waals surface area contributed by atoms with Gasteiger partial charge in [0.25, 0.3) is 0 Å². The molecular formula is C25H20N4. The Morgan fingerprint density at radius 3 is 1.66 bits per heavy atom. The molecule has 0 amide bonds. The number of para-hydroxylation sites is 3. The van der Waals surface area contributed by atoms with Crippen LogP contribution >= 0.6 is 0 Å². The van der Waals surface area contributed by atoms with Gasteiger partial charge < -0.3 is 0 Å². The number of nitrogens with one attached hydrogen (secondary N) is 1. The summed E-state index contributed by atoms with van der Waals surface area (Å²) >= 11 is 0. The molecule has 6 rings (SSSR count). The smallest absolute Gasteiger partial charge is 0.0709 e. The first-order valence-corrected chi connectivity index (χ1v) is 9.38. The van der Waals surface area contributed by atoms with Gasteiger partial charge in [0.1, 0.15) is 0 Å². The quantitative estimate of drug-likeness (QED) is 0.329. The lowest BCUT2D eigenvalue weighted by atomic mass is 10.1. The van der Waals surface area contributed by atoms with E-state index in [1.807, 2.05) is 72.9 Å². The van der Waals surface area contributed by atoms with Crippen molar-refractivity contribution in [1.82, 2.24) is 20.2 Å². The topological polar surface area (TPSA) is 54.5 Å². The van der Waals surface area contributed by atoms with Crippen LogP contribution in [-0.4, -0.2) is 20.2 Å². The summed E-state index contributed by atoms with van der Waals surface area (Å²) in [5, 5.41) is 9.81. The van der Waals surface area contributed by atoms with Crippen LogP contribution in [0, 0.1) is 0 Å². The van der Waals surface area contributed by atoms with E-state index in [4.69, 9.17) is 0 Å². The van der Waals surface area contributed by atoms with Crippen molar-refractivity contribution < 1.29 is 0 Å². The fourth-order valence-corrected chi connectivity index (χ4v) is 2.95. The minimum atomic E-state index is 1.06. The summed E-state index contributed by atoms with van der Waals surface area (Å²) in [4.78, 5) is 8.76. The molecule has 0 bridgehead atoms. The molecule has 0 aliphatic rings. The molecule has 0 aliphatic carbocycles. The second kappa shape index (κ2) is 9.24. The van der Waals surface area contributed by atoms with E-state index < -0.39 is 0 Å². The fraction of sp³-hybridized carbons (Fsp3) is 0. The van der Waals surface area contributed by atoms with Crippen LogP contribution in [0.4, 0.5) is 0 Å². The second-order valence-corrected chi connectivity index (χ2v) is 6.34. The first-order chi connectivity index (χ1) is 14.4. The Morgan fingerprint density at radius 2 is 1.10 bits per heavy atom. The number of nitrogens with zero attached hydrogens (tertiary/aromatic N) is 3. The van der Waals surface area contributed by atoms with Gasteiger partial charge in [-0.3, -0.25) is 10.1 Å². The van der Waals surface area contributed by atoms with Crippen molar-refractivity contribution in [3.63, 3.8) is 0 Å². The number of aromatic amines is 1. The van der Waals surface area contributed by atoms with Gasteiger partial charge in [0.2, 0.25) is 0 Å². The Labute approximate surface area is 168 Å². The molecule has 0 saturated carbocycles. The van der Waals surface area contributed by atoms with Crippen molar-refractivity contribution in [2.45, 2.75) is 0 Å². The SMILES string of the molecule is c1ccc2nc3ccccc3cc2c1.c1ccc2ncccc2c1.c1cn[nH]c1. The molecular weight excluding hydrogens is 356 g/mol. The summed E-state index contributed by atoms with van der Waals surface area (Å²) < 4.78 is 0. The molecule has 0 spiro atoms. The van der Waals surface area contributed by atoms with Crippen LogP contribution in [0.25, 0.3) is 32.7 Å². The van der Waals surface area contributed by atoms with E-state index in [0.717, 1.165) is 16.6 Å². The standard InChI is InChI=1S/C13H9N.C9H7N.C3H4N2/c1-3-7-12-10(5-1)9-11-6-2-4-8-13(11)14-12;1-2-6-9-8(4-1)5-3-7-10-9;1-2-4-5-3-1/h1-9H;1-7H;1-3H,(H,4,5). The van der Waals surface area contributed by atoms with Crippen LogP contribution in [0.5, 0.6) is 0 Å². The highest BCUT2D eigenvalue weighted by atomic mass is 15.1. The molecule has 1 N–H and O–H groups in total. The van der Waals surface area contributed by atoms with Gasteiger partial charge in [0, 0.05) is 34.7 Å². The minimum Gasteiger partial charge on any atom is -0.286 e. The summed E-state index contributed by atoms with van der Waals surface area (Å²) in [6.07, 6.45) is 5.27. The van der Waals surface area contributed by atoms with Crippen LogP contribution in [0.15, 0.2) is 116 Å². The molecule has 6 aromatic rings. The highest BCUT2D eigenvalue weighted by Crippen LogP contribution is 2.18. The lowest BCUT2D eigenvalue weighted by molar-refractivity contribution is 1.09. The van der Waals surface area contributed by atoms with Crippen molar-refractivity contribution in [2.24, 2.45) is 0 Å². The molecule has 3 aromatic carbocycles. The van der Waals surface area contributed by atoms with Crippen LogP contribution in [0.2, 0.25) is 0 Å². The maximum absolute atomic E-state index is 4.58. The minimum absolute atomic E-state index is 1.06. The lowest BCUT2D eigenvalue weighted by Gasteiger charge is -1.99. The number of benzene rings is 3. The van der Waals surface area contributed by atoms with Gasteiger partial charge >= 0.3 is 0 Å². The normalized spacial score (nSPS) is 10.1. The third-order valence-electron chi connectivity index (χ3n) is 4.34. The fourth-order valence-electron chi connectivity index (χ4n) is 2.95. The summed E-state index contributed by atoms with van der Waals surface area (Å²) in [6.45, 7) is 0. The van der Waals surface area contributed by atoms with Gasteiger partial charge in [-0.2, -0.15) is 5.10 Å². The molecule has 29 heavy (non-hydrogen) atoms. The highest BCUT2D eigenvalue weighted by molar-refractivity contribution is 5.92. The summed E-state index contributed by atoms with van der Waals surface area (Å²) in [6, 6.07) is 32.5. The first-order valence-electron chi connectivity index (χ1n) is 9.38. The van der Waals surface area contributed by atoms with E-state index in [0.29, 0.717) is 0 Å². The molecule has 4 nitrogen and oxygen atoms in total. The van der Waals surface area contributed by atoms with E-state index in [1.54, 1.807) is 12.4 Å². The summed E-state index contributed by atoms with van der Waals surface area (Å²) in [7, 11) is 0. The monoisotopic (exact) mass is 376 g/mol. The molecule has 0 radical (unpaired) electrons. The Bertz CT molecular complexity index is 1120. The number of hydrogen-bond donors (Lipinski definition) is 1. The molecule has 140 valence electrons. The van der Waals surface area contributed by atoms with E-state index in [1.165, 1.54) is 16.2 Å². The van der Waals surface area contributed by atoms with E-state index in [-0.39, 0.29) is 0 Å². The highest BCUT2D eigenvalue weighted by Gasteiger charge is 1.96. The first kappa shape index (κ1) is 18.3. The van der Waals surface area contributed by atoms with Gasteiger partial charge in [0.15, 0.2) is 0 Å². The zero-order valence-electron chi connectivity index (χ0n) is 15.8. The van der Waals surface area contributed by atoms with Gasteiger partial charge in [0.05, 0.1) is 16.6 Å². The Morgan fingerprint density at radius 1 is 0.517 bits per heavy atom. The molecule has 0 unspecified atom stereocenters. The molecule has 0 saturated heterocycles. The maximum Gasteiger partial charge on any atom is 0.0709 e. The van der Waals surface area contributed by atoms with Gasteiger partial charge in [-0.05, 0) is 36.4 Å². The second-order valence-electron chi connectivity index (χ2n) is 6.34. The lowest BCUT2D eigenvalue weighted by Crippen LogP contribution is -1.80. The maximum atomic E-state index is 4.58. The van der Waals surface area contributed by atoms with E-state index in [9.17, 15) is 0 Å². The number of hydrogen-bond acceptors (Lipinski definition) is 3. The van der Waals surface area contributed by atoms with Gasteiger partial charge in [-0.15, -0.1) is 0 Å². The predicted octanol–water partition coefficient (Wildman–Crippen LogP) is 6.03. The number of rotatable bonds is 0. The third kappa shape index (κ3) is 4.82. The zero-order valence-corrected chi connectivity index (χ0v) is 15.8. The molecule has 3 aromatic heterocycles. The van der Waals surface area contributed by atoms with E-state index in [2.05, 4.69) is 50.5 Å². The number of H-pyrrole nitrogens is 1. The van der Waals surface area contributed by atoms with Gasteiger partial charge in [-0.25, -0.2) is 4.98 Å². The average Bonchev–Trinajstić information content (AvgIpc) is 3.39. The largest absolute Gasteiger partial charge is 0.286 e. The van der Waals surface area contributed by atoms with Crippen LogP contribution < -0.4 is 0 Å². The Hall–Kier alpha value is -4.05.